The van der Waals surface area contributed by atoms with Crippen LogP contribution in [0, 0.1) is 18.8 Å². The number of para-hydroxylation sites is 1. The molecular weight excluding hydrogens is 470 g/mol. The number of benzene rings is 3. The Labute approximate surface area is 226 Å². The molecule has 1 atom stereocenters. The second kappa shape index (κ2) is 11.6. The van der Waals surface area contributed by atoms with Gasteiger partial charge in [-0.25, -0.2) is 0 Å². The molecule has 1 aliphatic heterocycles. The van der Waals surface area contributed by atoms with Crippen molar-refractivity contribution in [3.63, 3.8) is 0 Å². The normalized spacial score (nSPS) is 17.8. The quantitative estimate of drug-likeness (QED) is 0.251. The van der Waals surface area contributed by atoms with Crippen molar-refractivity contribution in [3.05, 3.63) is 101 Å². The molecular formula is C34H37NO3. The summed E-state index contributed by atoms with van der Waals surface area (Å²) in [6, 6.07) is 25.5. The summed E-state index contributed by atoms with van der Waals surface area (Å²) in [6.45, 7) is 5.27. The van der Waals surface area contributed by atoms with Gasteiger partial charge in [0.2, 0.25) is 0 Å². The molecule has 4 nitrogen and oxygen atoms in total. The van der Waals surface area contributed by atoms with Crippen LogP contribution in [0.3, 0.4) is 0 Å². The van der Waals surface area contributed by atoms with Gasteiger partial charge >= 0.3 is 0 Å². The number of nitrogens with zero attached hydrogens (tertiary/aromatic N) is 1. The minimum Gasteiger partial charge on any atom is -0.493 e. The molecule has 4 aromatic rings. The Kier molecular flexibility index (Phi) is 7.59. The first-order valence-corrected chi connectivity index (χ1v) is 14.1. The Hall–Kier alpha value is -3.37. The van der Waals surface area contributed by atoms with E-state index in [1.807, 2.05) is 6.07 Å². The highest BCUT2D eigenvalue weighted by Crippen LogP contribution is 2.35. The monoisotopic (exact) mass is 507 g/mol. The van der Waals surface area contributed by atoms with Gasteiger partial charge in [-0.15, -0.1) is 0 Å². The molecule has 0 spiro atoms. The highest BCUT2D eigenvalue weighted by Gasteiger charge is 2.23. The topological polar surface area (TPSA) is 40.6 Å². The van der Waals surface area contributed by atoms with E-state index in [2.05, 4.69) is 73.7 Å². The molecule has 1 aliphatic carbocycles. The zero-order valence-electron chi connectivity index (χ0n) is 22.3. The van der Waals surface area contributed by atoms with E-state index in [9.17, 15) is 0 Å². The van der Waals surface area contributed by atoms with Crippen LogP contribution in [-0.2, 0) is 30.6 Å². The highest BCUT2D eigenvalue weighted by molar-refractivity contribution is 5.86. The molecule has 4 heteroatoms. The largest absolute Gasteiger partial charge is 0.493 e. The van der Waals surface area contributed by atoms with Crippen LogP contribution in [0.4, 0.5) is 0 Å². The van der Waals surface area contributed by atoms with Crippen LogP contribution in [0.2, 0.25) is 0 Å². The Balaban J connectivity index is 1.16. The van der Waals surface area contributed by atoms with E-state index in [0.717, 1.165) is 80.0 Å². The highest BCUT2D eigenvalue weighted by atomic mass is 16.5. The summed E-state index contributed by atoms with van der Waals surface area (Å²) in [4.78, 5) is 5.11. The number of ether oxygens (including phenoxy) is 3. The van der Waals surface area contributed by atoms with Crippen LogP contribution in [0.1, 0.15) is 47.2 Å². The minimum atomic E-state index is 0.560. The maximum Gasteiger partial charge on any atom is 0.133 e. The predicted molar refractivity (Wildman–Crippen MR) is 152 cm³/mol. The summed E-state index contributed by atoms with van der Waals surface area (Å²) in [7, 11) is 0. The van der Waals surface area contributed by atoms with E-state index >= 15 is 0 Å². The van der Waals surface area contributed by atoms with Gasteiger partial charge in [0.05, 0.1) is 12.1 Å². The van der Waals surface area contributed by atoms with E-state index in [4.69, 9.17) is 19.2 Å². The molecule has 2 aliphatic rings. The van der Waals surface area contributed by atoms with Crippen molar-refractivity contribution < 1.29 is 14.2 Å². The van der Waals surface area contributed by atoms with Crippen molar-refractivity contribution in [2.45, 2.75) is 52.1 Å². The molecule has 38 heavy (non-hydrogen) atoms. The van der Waals surface area contributed by atoms with Crippen LogP contribution in [0.15, 0.2) is 72.8 Å². The number of hydrogen-bond acceptors (Lipinski definition) is 4. The number of pyridine rings is 1. The maximum absolute atomic E-state index is 6.44. The second-order valence-electron chi connectivity index (χ2n) is 10.9. The summed E-state index contributed by atoms with van der Waals surface area (Å²) < 4.78 is 18.1. The van der Waals surface area contributed by atoms with Crippen LogP contribution < -0.4 is 9.47 Å². The standard InChI is InChI=1S/C34H37NO3/c1-24-33(35-32-10-6-5-9-31(32)34(24)38-23-25-7-3-2-4-8-25)20-27-11-12-29-21-30(14-13-28(29)19-27)37-22-26-15-17-36-18-16-26/h2-10,13-14,21,26-27H,11-12,15-20,22-23H2,1H3. The fraction of sp³-hybridized carbons (Fsp3) is 0.382. The van der Waals surface area contributed by atoms with Gasteiger partial charge in [-0.2, -0.15) is 0 Å². The van der Waals surface area contributed by atoms with Gasteiger partial charge in [0.1, 0.15) is 18.1 Å². The van der Waals surface area contributed by atoms with Gasteiger partial charge in [-0.05, 0) is 98.2 Å². The number of fused-ring (bicyclic) bond motifs is 2. The number of aromatic nitrogens is 1. The number of aryl methyl sites for hydroxylation is 1. The summed E-state index contributed by atoms with van der Waals surface area (Å²) >= 11 is 0. The van der Waals surface area contributed by atoms with Crippen molar-refractivity contribution in [3.8, 4) is 11.5 Å². The van der Waals surface area contributed by atoms with Crippen molar-refractivity contribution in [1.82, 2.24) is 4.98 Å². The number of rotatable bonds is 8. The average molecular weight is 508 g/mol. The van der Waals surface area contributed by atoms with Gasteiger partial charge in [0.25, 0.3) is 0 Å². The lowest BCUT2D eigenvalue weighted by Crippen LogP contribution is -2.21. The van der Waals surface area contributed by atoms with Crippen LogP contribution in [-0.4, -0.2) is 24.8 Å². The zero-order valence-corrected chi connectivity index (χ0v) is 22.3. The minimum absolute atomic E-state index is 0.560. The molecule has 6 rings (SSSR count). The van der Waals surface area contributed by atoms with E-state index in [-0.39, 0.29) is 0 Å². The number of hydrogen-bond donors (Lipinski definition) is 0. The smallest absolute Gasteiger partial charge is 0.133 e. The van der Waals surface area contributed by atoms with Gasteiger partial charge in [0.15, 0.2) is 0 Å². The summed E-state index contributed by atoms with van der Waals surface area (Å²) in [6.07, 6.45) is 6.54. The molecule has 0 radical (unpaired) electrons. The van der Waals surface area contributed by atoms with E-state index in [0.29, 0.717) is 18.4 Å². The third kappa shape index (κ3) is 5.71. The first kappa shape index (κ1) is 24.9. The molecule has 3 aromatic carbocycles. The predicted octanol–water partition coefficient (Wildman–Crippen LogP) is 7.28. The Morgan fingerprint density at radius 1 is 0.842 bits per heavy atom. The van der Waals surface area contributed by atoms with Gasteiger partial charge < -0.3 is 14.2 Å². The molecule has 196 valence electrons. The molecule has 1 saturated heterocycles. The third-order valence-electron chi connectivity index (χ3n) is 8.22. The molecule has 1 unspecified atom stereocenters. The maximum atomic E-state index is 6.44. The summed E-state index contributed by atoms with van der Waals surface area (Å²) in [5.74, 6) is 3.17. The van der Waals surface area contributed by atoms with Crippen molar-refractivity contribution in [2.75, 3.05) is 19.8 Å². The fourth-order valence-corrected chi connectivity index (χ4v) is 5.91. The van der Waals surface area contributed by atoms with E-state index < -0.39 is 0 Å². The van der Waals surface area contributed by atoms with Gasteiger partial charge in [-0.1, -0.05) is 48.5 Å². The molecule has 0 bridgehead atoms. The Morgan fingerprint density at radius 3 is 2.53 bits per heavy atom. The van der Waals surface area contributed by atoms with Crippen LogP contribution in [0.25, 0.3) is 10.9 Å². The third-order valence-corrected chi connectivity index (χ3v) is 8.22. The van der Waals surface area contributed by atoms with Crippen molar-refractivity contribution in [2.24, 2.45) is 11.8 Å². The Bertz CT molecular complexity index is 1380. The lowest BCUT2D eigenvalue weighted by molar-refractivity contribution is 0.0497. The first-order valence-electron chi connectivity index (χ1n) is 14.1. The molecule has 0 saturated carbocycles. The first-order chi connectivity index (χ1) is 18.7. The van der Waals surface area contributed by atoms with Crippen molar-refractivity contribution >= 4 is 10.9 Å². The summed E-state index contributed by atoms with van der Waals surface area (Å²) in [5.41, 5.74) is 7.42. The SMILES string of the molecule is Cc1c(CC2CCc3cc(OCC4CCOCC4)ccc3C2)nc2ccccc2c1OCc1ccccc1. The van der Waals surface area contributed by atoms with Crippen LogP contribution in [0.5, 0.6) is 11.5 Å². The van der Waals surface area contributed by atoms with Crippen LogP contribution >= 0.6 is 0 Å². The molecule has 2 heterocycles. The zero-order chi connectivity index (χ0) is 25.7. The Morgan fingerprint density at radius 2 is 1.66 bits per heavy atom. The molecule has 0 amide bonds. The lowest BCUT2D eigenvalue weighted by Gasteiger charge is -2.26. The van der Waals surface area contributed by atoms with E-state index in [1.165, 1.54) is 28.7 Å². The molecule has 0 N–H and O–H groups in total. The van der Waals surface area contributed by atoms with Crippen molar-refractivity contribution in [1.29, 1.82) is 0 Å². The van der Waals surface area contributed by atoms with E-state index in [1.54, 1.807) is 0 Å². The molecule has 1 fully saturated rings. The lowest BCUT2D eigenvalue weighted by atomic mass is 9.81. The molecule has 1 aromatic heterocycles. The van der Waals surface area contributed by atoms with Gasteiger partial charge in [-0.3, -0.25) is 4.98 Å². The van der Waals surface area contributed by atoms with Gasteiger partial charge in [0, 0.05) is 29.9 Å². The fourth-order valence-electron chi connectivity index (χ4n) is 5.91. The average Bonchev–Trinajstić information content (AvgIpc) is 2.97. The second-order valence-corrected chi connectivity index (χ2v) is 10.9. The summed E-state index contributed by atoms with van der Waals surface area (Å²) in [5, 5.41) is 1.09.